The lowest BCUT2D eigenvalue weighted by Gasteiger charge is -2.09. The predicted molar refractivity (Wildman–Crippen MR) is 146 cm³/mol. The van der Waals surface area contributed by atoms with Crippen molar-refractivity contribution in [3.63, 3.8) is 0 Å². The number of hydrogen-bond acceptors (Lipinski definition) is 4. The molecular formula is C27H24ClN3O3S2. The number of sulfonamides is 1. The lowest BCUT2D eigenvalue weighted by molar-refractivity contribution is 0.0998. The van der Waals surface area contributed by atoms with E-state index < -0.39 is 15.9 Å². The van der Waals surface area contributed by atoms with E-state index in [0.29, 0.717) is 9.82 Å². The maximum atomic E-state index is 13.1. The summed E-state index contributed by atoms with van der Waals surface area (Å²) in [4.78, 5) is 18.0. The second-order valence-corrected chi connectivity index (χ2v) is 11.3. The fourth-order valence-electron chi connectivity index (χ4n) is 3.68. The van der Waals surface area contributed by atoms with Crippen molar-refractivity contribution >= 4 is 54.8 Å². The third kappa shape index (κ3) is 5.88. The summed E-state index contributed by atoms with van der Waals surface area (Å²) >= 11 is 7.26. The van der Waals surface area contributed by atoms with Crippen molar-refractivity contribution in [1.82, 2.24) is 4.57 Å². The smallest absolute Gasteiger partial charge is 0.279 e. The van der Waals surface area contributed by atoms with E-state index >= 15 is 0 Å². The lowest BCUT2D eigenvalue weighted by Crippen LogP contribution is -2.17. The number of amides is 1. The molecule has 9 heteroatoms. The lowest BCUT2D eigenvalue weighted by atomic mass is 10.1. The maximum Gasteiger partial charge on any atom is 0.279 e. The van der Waals surface area contributed by atoms with Gasteiger partial charge in [0.15, 0.2) is 4.80 Å². The SMILES string of the molecule is C#CCn1c(=NC(=O)c2cccc(NS(=O)(=O)c3ccc(Cl)cc3)c2)sc2cc(CCCC)ccc21. The molecule has 0 unspecified atom stereocenters. The molecule has 0 saturated heterocycles. The van der Waals surface area contributed by atoms with Crippen LogP contribution in [0.1, 0.15) is 35.7 Å². The number of fused-ring (bicyclic) bond motifs is 1. The minimum atomic E-state index is -3.85. The number of aromatic nitrogens is 1. The monoisotopic (exact) mass is 537 g/mol. The van der Waals surface area contributed by atoms with E-state index in [0.717, 1.165) is 29.5 Å². The number of nitrogens with one attached hydrogen (secondary N) is 1. The van der Waals surface area contributed by atoms with Crippen LogP contribution in [0.3, 0.4) is 0 Å². The van der Waals surface area contributed by atoms with Crippen LogP contribution < -0.4 is 9.52 Å². The average Bonchev–Trinajstić information content (AvgIpc) is 3.19. The molecule has 1 heterocycles. The summed E-state index contributed by atoms with van der Waals surface area (Å²) < 4.78 is 30.8. The quantitative estimate of drug-likeness (QED) is 0.285. The van der Waals surface area contributed by atoms with E-state index in [1.807, 2.05) is 10.6 Å². The largest absolute Gasteiger partial charge is 0.305 e. The number of carbonyl (C=O) groups is 1. The first-order valence-electron chi connectivity index (χ1n) is 11.3. The number of anilines is 1. The van der Waals surface area contributed by atoms with Gasteiger partial charge in [0.25, 0.3) is 15.9 Å². The Balaban J connectivity index is 1.65. The van der Waals surface area contributed by atoms with Gasteiger partial charge in [0.1, 0.15) is 0 Å². The highest BCUT2D eigenvalue weighted by Crippen LogP contribution is 2.22. The number of hydrogen-bond donors (Lipinski definition) is 1. The summed E-state index contributed by atoms with van der Waals surface area (Å²) in [5, 5.41) is 0.434. The molecule has 0 aliphatic rings. The van der Waals surface area contributed by atoms with Gasteiger partial charge in [-0.3, -0.25) is 9.52 Å². The number of aryl methyl sites for hydroxylation is 1. The topological polar surface area (TPSA) is 80.5 Å². The van der Waals surface area contributed by atoms with Crippen molar-refractivity contribution in [3.8, 4) is 12.3 Å². The Morgan fingerprint density at radius 2 is 1.92 bits per heavy atom. The van der Waals surface area contributed by atoms with Gasteiger partial charge >= 0.3 is 0 Å². The minimum Gasteiger partial charge on any atom is -0.305 e. The summed E-state index contributed by atoms with van der Waals surface area (Å²) in [7, 11) is -3.85. The Hall–Kier alpha value is -3.38. The molecule has 1 aromatic heterocycles. The molecule has 4 rings (SSSR count). The molecule has 0 radical (unpaired) electrons. The molecule has 36 heavy (non-hydrogen) atoms. The summed E-state index contributed by atoms with van der Waals surface area (Å²) in [6.45, 7) is 2.44. The Kier molecular flexibility index (Phi) is 7.94. The van der Waals surface area contributed by atoms with E-state index in [1.54, 1.807) is 18.2 Å². The summed E-state index contributed by atoms with van der Waals surface area (Å²) in [6, 6.07) is 18.3. The minimum absolute atomic E-state index is 0.0622. The molecule has 0 fully saturated rings. The zero-order valence-corrected chi connectivity index (χ0v) is 22.0. The van der Waals surface area contributed by atoms with Crippen molar-refractivity contribution in [3.05, 3.63) is 87.7 Å². The van der Waals surface area contributed by atoms with Crippen LogP contribution in [0.15, 0.2) is 76.6 Å². The normalized spacial score (nSPS) is 12.0. The molecule has 0 bridgehead atoms. The molecule has 3 aromatic carbocycles. The van der Waals surface area contributed by atoms with Crippen LogP contribution >= 0.6 is 22.9 Å². The van der Waals surface area contributed by atoms with Gasteiger partial charge in [-0.2, -0.15) is 4.99 Å². The molecular weight excluding hydrogens is 514 g/mol. The number of benzene rings is 3. The Morgan fingerprint density at radius 3 is 2.64 bits per heavy atom. The van der Waals surface area contributed by atoms with Crippen LogP contribution in [0.4, 0.5) is 5.69 Å². The second kappa shape index (κ2) is 11.1. The van der Waals surface area contributed by atoms with E-state index in [2.05, 4.69) is 34.7 Å². The van der Waals surface area contributed by atoms with Crippen molar-refractivity contribution < 1.29 is 13.2 Å². The molecule has 0 aliphatic heterocycles. The van der Waals surface area contributed by atoms with E-state index in [4.69, 9.17) is 18.0 Å². The first-order valence-corrected chi connectivity index (χ1v) is 14.0. The van der Waals surface area contributed by atoms with Gasteiger partial charge in [-0.25, -0.2) is 8.42 Å². The summed E-state index contributed by atoms with van der Waals surface area (Å²) in [5.41, 5.74) is 2.66. The summed E-state index contributed by atoms with van der Waals surface area (Å²) in [6.07, 6.45) is 8.80. The predicted octanol–water partition coefficient (Wildman–Crippen LogP) is 5.87. The van der Waals surface area contributed by atoms with Gasteiger partial charge < -0.3 is 4.57 Å². The van der Waals surface area contributed by atoms with Crippen LogP contribution in [0.2, 0.25) is 5.02 Å². The highest BCUT2D eigenvalue weighted by atomic mass is 35.5. The van der Waals surface area contributed by atoms with E-state index in [-0.39, 0.29) is 22.7 Å². The van der Waals surface area contributed by atoms with E-state index in [9.17, 15) is 13.2 Å². The van der Waals surface area contributed by atoms with Gasteiger partial charge in [0.2, 0.25) is 0 Å². The standard InChI is InChI=1S/C27H24ClN3O3S2/c1-3-5-7-19-10-15-24-25(17-19)35-27(31(24)16-4-2)29-26(32)20-8-6-9-22(18-20)30-36(33,34)23-13-11-21(28)12-14-23/h2,6,8-15,17-18,30H,3,5,7,16H2,1H3. The number of rotatable bonds is 8. The highest BCUT2D eigenvalue weighted by molar-refractivity contribution is 7.92. The number of carbonyl (C=O) groups excluding carboxylic acids is 1. The van der Waals surface area contributed by atoms with Crippen LogP contribution in [-0.4, -0.2) is 18.9 Å². The molecule has 6 nitrogen and oxygen atoms in total. The summed E-state index contributed by atoms with van der Waals surface area (Å²) in [5.74, 6) is 2.14. The molecule has 0 aliphatic carbocycles. The molecule has 184 valence electrons. The van der Waals surface area contributed by atoms with Crippen LogP contribution in [0.25, 0.3) is 10.2 Å². The van der Waals surface area contributed by atoms with Gasteiger partial charge in [-0.05, 0) is 73.0 Å². The average molecular weight is 538 g/mol. The fourth-order valence-corrected chi connectivity index (χ4v) is 5.95. The molecule has 1 amide bonds. The third-order valence-electron chi connectivity index (χ3n) is 5.50. The molecule has 0 spiro atoms. The zero-order valence-electron chi connectivity index (χ0n) is 19.6. The number of nitrogens with zero attached hydrogens (tertiary/aromatic N) is 2. The van der Waals surface area contributed by atoms with E-state index in [1.165, 1.54) is 47.2 Å². The first-order chi connectivity index (χ1) is 17.3. The maximum absolute atomic E-state index is 13.1. The molecule has 0 atom stereocenters. The highest BCUT2D eigenvalue weighted by Gasteiger charge is 2.15. The number of unbranched alkanes of at least 4 members (excludes halogenated alkanes) is 1. The number of terminal acetylenes is 1. The zero-order chi connectivity index (χ0) is 25.7. The van der Waals surface area contributed by atoms with Crippen LogP contribution in [0, 0.1) is 12.3 Å². The second-order valence-electron chi connectivity index (χ2n) is 8.14. The number of halogens is 1. The molecule has 0 saturated carbocycles. The van der Waals surface area contributed by atoms with Crippen molar-refractivity contribution in [2.45, 2.75) is 37.6 Å². The van der Waals surface area contributed by atoms with Gasteiger partial charge in [-0.1, -0.05) is 54.3 Å². The van der Waals surface area contributed by atoms with Gasteiger partial charge in [0.05, 0.1) is 21.7 Å². The Morgan fingerprint density at radius 1 is 1.14 bits per heavy atom. The third-order valence-corrected chi connectivity index (χ3v) is 8.19. The Bertz CT molecular complexity index is 1630. The molecule has 1 N–H and O–H groups in total. The van der Waals surface area contributed by atoms with Crippen molar-refractivity contribution in [1.29, 1.82) is 0 Å². The van der Waals surface area contributed by atoms with Gasteiger partial charge in [0, 0.05) is 16.3 Å². The van der Waals surface area contributed by atoms with Crippen molar-refractivity contribution in [2.75, 3.05) is 4.72 Å². The van der Waals surface area contributed by atoms with Crippen LogP contribution in [0.5, 0.6) is 0 Å². The fraction of sp³-hybridized carbons (Fsp3) is 0.185. The van der Waals surface area contributed by atoms with Crippen LogP contribution in [-0.2, 0) is 23.0 Å². The molecule has 4 aromatic rings. The van der Waals surface area contributed by atoms with Crippen molar-refractivity contribution in [2.24, 2.45) is 4.99 Å². The number of thiazole rings is 1. The van der Waals surface area contributed by atoms with Gasteiger partial charge in [-0.15, -0.1) is 6.42 Å². The Labute approximate surface area is 219 Å². The first kappa shape index (κ1) is 25.7.